The lowest BCUT2D eigenvalue weighted by molar-refractivity contribution is 0.214. The molecule has 1 rings (SSSR count). The first-order chi connectivity index (χ1) is 10.3. The third-order valence-corrected chi connectivity index (χ3v) is 4.14. The first kappa shape index (κ1) is 18.2. The highest BCUT2D eigenvalue weighted by molar-refractivity contribution is 5.16. The van der Waals surface area contributed by atoms with E-state index < -0.39 is 0 Å². The second kappa shape index (κ2) is 11.7. The zero-order chi connectivity index (χ0) is 15.3. The third kappa shape index (κ3) is 8.87. The Morgan fingerprint density at radius 1 is 1.00 bits per heavy atom. The maximum absolute atomic E-state index is 13.1. The first-order valence-corrected chi connectivity index (χ1v) is 8.61. The summed E-state index contributed by atoms with van der Waals surface area (Å²) in [5, 5.41) is 9.46. The summed E-state index contributed by atoms with van der Waals surface area (Å²) in [6, 6.07) is 6.74. The van der Waals surface area contributed by atoms with Crippen molar-refractivity contribution in [3.63, 3.8) is 0 Å². The molecule has 0 fully saturated rings. The standard InChI is InChI=1S/C19H31FO/c1-2-3-4-5-6-7-8-9-11-18(16-21)14-17-12-10-13-19(20)15-17/h10,12-13,15,18,21H,2-9,11,14,16H2,1H3. The van der Waals surface area contributed by atoms with E-state index in [1.165, 1.54) is 57.4 Å². The highest BCUT2D eigenvalue weighted by Gasteiger charge is 2.09. The van der Waals surface area contributed by atoms with Crippen LogP contribution in [-0.4, -0.2) is 11.7 Å². The van der Waals surface area contributed by atoms with Crippen molar-refractivity contribution in [2.75, 3.05) is 6.61 Å². The number of hydrogen-bond donors (Lipinski definition) is 1. The van der Waals surface area contributed by atoms with Gasteiger partial charge in [0.05, 0.1) is 0 Å². The molecule has 0 aliphatic carbocycles. The van der Waals surface area contributed by atoms with Gasteiger partial charge in [-0.15, -0.1) is 0 Å². The van der Waals surface area contributed by atoms with Crippen molar-refractivity contribution < 1.29 is 9.50 Å². The molecule has 0 aliphatic rings. The van der Waals surface area contributed by atoms with Crippen molar-refractivity contribution >= 4 is 0 Å². The van der Waals surface area contributed by atoms with Gasteiger partial charge in [-0.3, -0.25) is 0 Å². The van der Waals surface area contributed by atoms with Crippen LogP contribution in [0.4, 0.5) is 4.39 Å². The van der Waals surface area contributed by atoms with E-state index >= 15 is 0 Å². The van der Waals surface area contributed by atoms with Gasteiger partial charge in [0.25, 0.3) is 0 Å². The summed E-state index contributed by atoms with van der Waals surface area (Å²) in [5.41, 5.74) is 0.994. The van der Waals surface area contributed by atoms with Gasteiger partial charge in [0, 0.05) is 6.61 Å². The first-order valence-electron chi connectivity index (χ1n) is 8.61. The summed E-state index contributed by atoms with van der Waals surface area (Å²) in [6.45, 7) is 2.45. The van der Waals surface area contributed by atoms with Crippen molar-refractivity contribution in [3.05, 3.63) is 35.6 Å². The molecule has 0 aromatic heterocycles. The van der Waals surface area contributed by atoms with E-state index in [1.807, 2.05) is 6.07 Å². The van der Waals surface area contributed by atoms with Crippen LogP contribution in [0.25, 0.3) is 0 Å². The van der Waals surface area contributed by atoms with Crippen LogP contribution < -0.4 is 0 Å². The van der Waals surface area contributed by atoms with E-state index in [-0.39, 0.29) is 18.3 Å². The van der Waals surface area contributed by atoms with Crippen LogP contribution in [0.3, 0.4) is 0 Å². The van der Waals surface area contributed by atoms with Gasteiger partial charge in [-0.05, 0) is 36.5 Å². The van der Waals surface area contributed by atoms with Crippen LogP contribution in [0.5, 0.6) is 0 Å². The Morgan fingerprint density at radius 3 is 2.29 bits per heavy atom. The smallest absolute Gasteiger partial charge is 0.123 e. The minimum atomic E-state index is -0.184. The predicted octanol–water partition coefficient (Wildman–Crippen LogP) is 5.51. The van der Waals surface area contributed by atoms with E-state index in [1.54, 1.807) is 12.1 Å². The normalized spacial score (nSPS) is 12.5. The Labute approximate surface area is 129 Å². The second-order valence-corrected chi connectivity index (χ2v) is 6.15. The number of benzene rings is 1. The van der Waals surface area contributed by atoms with Crippen LogP contribution in [0, 0.1) is 11.7 Å². The van der Waals surface area contributed by atoms with E-state index in [2.05, 4.69) is 6.92 Å². The average molecular weight is 294 g/mol. The van der Waals surface area contributed by atoms with Crippen LogP contribution >= 0.6 is 0 Å². The number of rotatable bonds is 12. The van der Waals surface area contributed by atoms with Crippen LogP contribution in [-0.2, 0) is 6.42 Å². The topological polar surface area (TPSA) is 20.2 Å². The second-order valence-electron chi connectivity index (χ2n) is 6.15. The SMILES string of the molecule is CCCCCCCCCCC(CO)Cc1cccc(F)c1. The number of halogens is 1. The fraction of sp³-hybridized carbons (Fsp3) is 0.684. The highest BCUT2D eigenvalue weighted by Crippen LogP contribution is 2.17. The molecule has 0 radical (unpaired) electrons. The van der Waals surface area contributed by atoms with Gasteiger partial charge in [0.2, 0.25) is 0 Å². The minimum Gasteiger partial charge on any atom is -0.396 e. The predicted molar refractivity (Wildman–Crippen MR) is 87.9 cm³/mol. The molecule has 0 amide bonds. The van der Waals surface area contributed by atoms with E-state index in [9.17, 15) is 9.50 Å². The molecule has 1 aromatic carbocycles. The van der Waals surface area contributed by atoms with Crippen molar-refractivity contribution in [1.29, 1.82) is 0 Å². The molecule has 1 nitrogen and oxygen atoms in total. The fourth-order valence-electron chi connectivity index (χ4n) is 2.82. The van der Waals surface area contributed by atoms with Gasteiger partial charge < -0.3 is 5.11 Å². The van der Waals surface area contributed by atoms with Crippen molar-refractivity contribution in [3.8, 4) is 0 Å². The summed E-state index contributed by atoms with van der Waals surface area (Å²) < 4.78 is 13.1. The lowest BCUT2D eigenvalue weighted by Gasteiger charge is -2.14. The lowest BCUT2D eigenvalue weighted by Crippen LogP contribution is -2.09. The quantitative estimate of drug-likeness (QED) is 0.504. The molecule has 0 saturated carbocycles. The molecule has 1 N–H and O–H groups in total. The van der Waals surface area contributed by atoms with E-state index in [0.717, 1.165) is 18.4 Å². The number of unbranched alkanes of at least 4 members (excludes halogenated alkanes) is 7. The van der Waals surface area contributed by atoms with Gasteiger partial charge in [0.15, 0.2) is 0 Å². The van der Waals surface area contributed by atoms with Gasteiger partial charge >= 0.3 is 0 Å². The maximum atomic E-state index is 13.1. The molecule has 0 spiro atoms. The molecular formula is C19H31FO. The summed E-state index contributed by atoms with van der Waals surface area (Å²) in [6.07, 6.45) is 12.3. The third-order valence-electron chi connectivity index (χ3n) is 4.14. The van der Waals surface area contributed by atoms with Gasteiger partial charge in [-0.2, -0.15) is 0 Å². The molecule has 0 saturated heterocycles. The Bertz CT molecular complexity index is 364. The van der Waals surface area contributed by atoms with Gasteiger partial charge in [0.1, 0.15) is 5.82 Å². The molecule has 0 heterocycles. The lowest BCUT2D eigenvalue weighted by atomic mass is 9.94. The zero-order valence-corrected chi connectivity index (χ0v) is 13.5. The van der Waals surface area contributed by atoms with Gasteiger partial charge in [-0.25, -0.2) is 4.39 Å². The van der Waals surface area contributed by atoms with Crippen molar-refractivity contribution in [1.82, 2.24) is 0 Å². The zero-order valence-electron chi connectivity index (χ0n) is 13.5. The summed E-state index contributed by atoms with van der Waals surface area (Å²) >= 11 is 0. The Hall–Kier alpha value is -0.890. The van der Waals surface area contributed by atoms with Crippen LogP contribution in [0.1, 0.15) is 70.3 Å². The molecular weight excluding hydrogens is 263 g/mol. The van der Waals surface area contributed by atoms with E-state index in [0.29, 0.717) is 0 Å². The monoisotopic (exact) mass is 294 g/mol. The highest BCUT2D eigenvalue weighted by atomic mass is 19.1. The summed E-state index contributed by atoms with van der Waals surface area (Å²) in [7, 11) is 0. The van der Waals surface area contributed by atoms with Crippen LogP contribution in [0.15, 0.2) is 24.3 Å². The number of hydrogen-bond acceptors (Lipinski definition) is 1. The Kier molecular flexibility index (Phi) is 10.1. The number of aliphatic hydroxyl groups excluding tert-OH is 1. The van der Waals surface area contributed by atoms with Crippen molar-refractivity contribution in [2.45, 2.75) is 71.1 Å². The summed E-state index contributed by atoms with van der Waals surface area (Å²) in [4.78, 5) is 0. The number of aliphatic hydroxyl groups is 1. The molecule has 0 aliphatic heterocycles. The fourth-order valence-corrected chi connectivity index (χ4v) is 2.82. The molecule has 21 heavy (non-hydrogen) atoms. The Morgan fingerprint density at radius 2 is 1.67 bits per heavy atom. The van der Waals surface area contributed by atoms with E-state index in [4.69, 9.17) is 0 Å². The Balaban J connectivity index is 2.11. The molecule has 2 heteroatoms. The van der Waals surface area contributed by atoms with Crippen molar-refractivity contribution in [2.24, 2.45) is 5.92 Å². The van der Waals surface area contributed by atoms with Gasteiger partial charge in [-0.1, -0.05) is 70.4 Å². The maximum Gasteiger partial charge on any atom is 0.123 e. The average Bonchev–Trinajstić information content (AvgIpc) is 2.48. The molecule has 120 valence electrons. The molecule has 1 unspecified atom stereocenters. The molecule has 0 bridgehead atoms. The molecule has 1 aromatic rings. The largest absolute Gasteiger partial charge is 0.396 e. The summed E-state index contributed by atoms with van der Waals surface area (Å²) in [5.74, 6) is 0.0863. The minimum absolute atomic E-state index is 0.184. The van der Waals surface area contributed by atoms with Crippen LogP contribution in [0.2, 0.25) is 0 Å². The molecule has 1 atom stereocenters.